The number of ether oxygens (including phenoxy) is 2. The zero-order valence-corrected chi connectivity index (χ0v) is 20.8. The Morgan fingerprint density at radius 1 is 1.28 bits per heavy atom. The number of hydrogen-bond acceptors (Lipinski definition) is 4. The van der Waals surface area contributed by atoms with E-state index in [1.54, 1.807) is 7.11 Å². The number of piperidine rings is 1. The van der Waals surface area contributed by atoms with Gasteiger partial charge < -0.3 is 25.0 Å². The fraction of sp³-hybridized carbons (Fsp3) is 0.682. The van der Waals surface area contributed by atoms with Crippen LogP contribution >= 0.6 is 24.0 Å². The van der Waals surface area contributed by atoms with E-state index >= 15 is 0 Å². The van der Waals surface area contributed by atoms with Gasteiger partial charge in [0.15, 0.2) is 5.96 Å². The molecule has 2 N–H and O–H groups in total. The predicted molar refractivity (Wildman–Crippen MR) is 132 cm³/mol. The topological polar surface area (TPSA) is 58.1 Å². The molecule has 1 fully saturated rings. The average molecular weight is 518 g/mol. The van der Waals surface area contributed by atoms with Gasteiger partial charge in [0.2, 0.25) is 0 Å². The number of hydrogen-bond donors (Lipinski definition) is 2. The van der Waals surface area contributed by atoms with E-state index in [1.165, 1.54) is 18.4 Å². The molecule has 0 amide bonds. The Morgan fingerprint density at radius 2 is 2.03 bits per heavy atom. The maximum Gasteiger partial charge on any atom is 0.191 e. The highest BCUT2D eigenvalue weighted by Gasteiger charge is 2.19. The molecule has 29 heavy (non-hydrogen) atoms. The third-order valence-electron chi connectivity index (χ3n) is 5.05. The van der Waals surface area contributed by atoms with Gasteiger partial charge in [-0.3, -0.25) is 0 Å². The van der Waals surface area contributed by atoms with Crippen molar-refractivity contribution < 1.29 is 9.47 Å². The van der Waals surface area contributed by atoms with Gasteiger partial charge in [-0.05, 0) is 70.3 Å². The molecular formula is C22H39IN4O2. The van der Waals surface area contributed by atoms with Crippen LogP contribution in [0.4, 0.5) is 0 Å². The number of likely N-dealkylation sites (tertiary alicyclic amines) is 1. The highest BCUT2D eigenvalue weighted by Crippen LogP contribution is 2.16. The van der Waals surface area contributed by atoms with Crippen molar-refractivity contribution in [2.45, 2.75) is 39.7 Å². The molecule has 1 aliphatic heterocycles. The summed E-state index contributed by atoms with van der Waals surface area (Å²) in [4.78, 5) is 7.20. The predicted octanol–water partition coefficient (Wildman–Crippen LogP) is 3.29. The van der Waals surface area contributed by atoms with E-state index in [0.717, 1.165) is 51.0 Å². The van der Waals surface area contributed by atoms with E-state index in [0.29, 0.717) is 12.5 Å². The number of halogens is 1. The van der Waals surface area contributed by atoms with E-state index in [4.69, 9.17) is 14.5 Å². The molecule has 0 saturated carbocycles. The van der Waals surface area contributed by atoms with E-state index in [1.807, 2.05) is 12.1 Å². The Labute approximate surface area is 193 Å². The third-order valence-corrected chi connectivity index (χ3v) is 5.05. The minimum Gasteiger partial charge on any atom is -0.489 e. The fourth-order valence-corrected chi connectivity index (χ4v) is 3.40. The lowest BCUT2D eigenvalue weighted by Gasteiger charge is -2.32. The van der Waals surface area contributed by atoms with Crippen molar-refractivity contribution in [2.75, 3.05) is 53.0 Å². The molecule has 0 spiro atoms. The van der Waals surface area contributed by atoms with Gasteiger partial charge >= 0.3 is 0 Å². The molecular weight excluding hydrogens is 479 g/mol. The van der Waals surface area contributed by atoms with Gasteiger partial charge in [0, 0.05) is 26.7 Å². The third kappa shape index (κ3) is 10.5. The van der Waals surface area contributed by atoms with Crippen LogP contribution in [0.2, 0.25) is 0 Å². The van der Waals surface area contributed by atoms with Crippen LogP contribution in [-0.4, -0.2) is 69.9 Å². The summed E-state index contributed by atoms with van der Waals surface area (Å²) < 4.78 is 11.2. The smallest absolute Gasteiger partial charge is 0.191 e. The zero-order valence-electron chi connectivity index (χ0n) is 18.4. The SMILES string of the molecule is CCNC(=NCC(C)Oc1cccc(C)c1)NCC1CCN(CCOC)CC1.I. The van der Waals surface area contributed by atoms with Crippen molar-refractivity contribution in [3.63, 3.8) is 0 Å². The van der Waals surface area contributed by atoms with Crippen molar-refractivity contribution in [2.24, 2.45) is 10.9 Å². The molecule has 1 aliphatic rings. The van der Waals surface area contributed by atoms with E-state index in [2.05, 4.69) is 48.4 Å². The van der Waals surface area contributed by atoms with Crippen molar-refractivity contribution >= 4 is 29.9 Å². The van der Waals surface area contributed by atoms with Gasteiger partial charge in [-0.1, -0.05) is 12.1 Å². The van der Waals surface area contributed by atoms with E-state index < -0.39 is 0 Å². The van der Waals surface area contributed by atoms with Crippen LogP contribution in [0.15, 0.2) is 29.3 Å². The largest absolute Gasteiger partial charge is 0.489 e. The van der Waals surface area contributed by atoms with Gasteiger partial charge in [0.1, 0.15) is 11.9 Å². The summed E-state index contributed by atoms with van der Waals surface area (Å²) in [5.41, 5.74) is 1.21. The number of nitrogens with zero attached hydrogens (tertiary/aromatic N) is 2. The summed E-state index contributed by atoms with van der Waals surface area (Å²) in [5.74, 6) is 2.48. The Balaban J connectivity index is 0.00000420. The maximum absolute atomic E-state index is 5.98. The molecule has 6 nitrogen and oxygen atoms in total. The summed E-state index contributed by atoms with van der Waals surface area (Å²) >= 11 is 0. The van der Waals surface area contributed by atoms with Crippen molar-refractivity contribution in [3.05, 3.63) is 29.8 Å². The fourth-order valence-electron chi connectivity index (χ4n) is 3.40. The molecule has 1 aromatic carbocycles. The summed E-state index contributed by atoms with van der Waals surface area (Å²) in [5, 5.41) is 6.86. The molecule has 1 heterocycles. The first-order chi connectivity index (χ1) is 13.6. The Kier molecular flexibility index (Phi) is 13.3. The molecule has 1 aromatic rings. The molecule has 7 heteroatoms. The normalized spacial score (nSPS) is 16.8. The Hall–Kier alpha value is -1.06. The first-order valence-corrected chi connectivity index (χ1v) is 10.6. The second kappa shape index (κ2) is 14.8. The number of guanidine groups is 1. The van der Waals surface area contributed by atoms with Crippen LogP contribution < -0.4 is 15.4 Å². The van der Waals surface area contributed by atoms with Gasteiger partial charge in [-0.15, -0.1) is 24.0 Å². The molecule has 0 aliphatic carbocycles. The van der Waals surface area contributed by atoms with Crippen LogP contribution in [0.25, 0.3) is 0 Å². The lowest BCUT2D eigenvalue weighted by Crippen LogP contribution is -2.43. The van der Waals surface area contributed by atoms with E-state index in [9.17, 15) is 0 Å². The summed E-state index contributed by atoms with van der Waals surface area (Å²) in [7, 11) is 1.77. The summed E-state index contributed by atoms with van der Waals surface area (Å²) in [6, 6.07) is 8.15. The number of benzene rings is 1. The highest BCUT2D eigenvalue weighted by atomic mass is 127. The van der Waals surface area contributed by atoms with E-state index in [-0.39, 0.29) is 30.1 Å². The minimum absolute atomic E-state index is 0. The number of aliphatic imine (C=N–C) groups is 1. The minimum atomic E-state index is 0. The molecule has 166 valence electrons. The number of rotatable bonds is 10. The zero-order chi connectivity index (χ0) is 20.2. The average Bonchev–Trinajstić information content (AvgIpc) is 2.69. The molecule has 1 atom stereocenters. The lowest BCUT2D eigenvalue weighted by molar-refractivity contribution is 0.121. The Bertz CT molecular complexity index is 592. The molecule has 0 bridgehead atoms. The van der Waals surface area contributed by atoms with Crippen molar-refractivity contribution in [1.82, 2.24) is 15.5 Å². The standard InChI is InChI=1S/C22H38N4O2.HI/c1-5-23-22(24-16-19(3)28-21-8-6-7-18(2)15-21)25-17-20-9-11-26(12-10-20)13-14-27-4;/h6-8,15,19-20H,5,9-14,16-17H2,1-4H3,(H2,23,24,25);1H. The number of nitrogens with one attached hydrogen (secondary N) is 2. The van der Waals surface area contributed by atoms with Crippen LogP contribution in [-0.2, 0) is 4.74 Å². The molecule has 1 saturated heterocycles. The quantitative estimate of drug-likeness (QED) is 0.283. The molecule has 1 unspecified atom stereocenters. The highest BCUT2D eigenvalue weighted by molar-refractivity contribution is 14.0. The molecule has 0 radical (unpaired) electrons. The monoisotopic (exact) mass is 518 g/mol. The Morgan fingerprint density at radius 3 is 2.69 bits per heavy atom. The number of aryl methyl sites for hydroxylation is 1. The lowest BCUT2D eigenvalue weighted by atomic mass is 9.97. The second-order valence-electron chi connectivity index (χ2n) is 7.62. The van der Waals surface area contributed by atoms with Crippen LogP contribution in [0.3, 0.4) is 0 Å². The summed E-state index contributed by atoms with van der Waals surface area (Å²) in [6.07, 6.45) is 2.48. The molecule has 0 aromatic heterocycles. The van der Waals surface area contributed by atoms with Gasteiger partial charge in [-0.2, -0.15) is 0 Å². The van der Waals surface area contributed by atoms with Crippen LogP contribution in [0.1, 0.15) is 32.3 Å². The van der Waals surface area contributed by atoms with Gasteiger partial charge in [0.25, 0.3) is 0 Å². The molecule has 2 rings (SSSR count). The maximum atomic E-state index is 5.98. The summed E-state index contributed by atoms with van der Waals surface area (Å²) in [6.45, 7) is 12.9. The van der Waals surface area contributed by atoms with Gasteiger partial charge in [-0.25, -0.2) is 4.99 Å². The van der Waals surface area contributed by atoms with Crippen LogP contribution in [0, 0.1) is 12.8 Å². The first-order valence-electron chi connectivity index (χ1n) is 10.6. The second-order valence-corrected chi connectivity index (χ2v) is 7.62. The number of methoxy groups -OCH3 is 1. The van der Waals surface area contributed by atoms with Crippen molar-refractivity contribution in [3.8, 4) is 5.75 Å². The van der Waals surface area contributed by atoms with Gasteiger partial charge in [0.05, 0.1) is 13.2 Å². The van der Waals surface area contributed by atoms with Crippen molar-refractivity contribution in [1.29, 1.82) is 0 Å². The van der Waals surface area contributed by atoms with Crippen LogP contribution in [0.5, 0.6) is 5.75 Å². The first kappa shape index (κ1) is 26.0.